The summed E-state index contributed by atoms with van der Waals surface area (Å²) in [4.78, 5) is 0. The van der Waals surface area contributed by atoms with Gasteiger partial charge in [0.1, 0.15) is 5.75 Å². The number of aryl methyl sites for hydroxylation is 1. The molecule has 1 unspecified atom stereocenters. The van der Waals surface area contributed by atoms with Crippen LogP contribution >= 0.6 is 11.6 Å². The zero-order valence-electron chi connectivity index (χ0n) is 10.7. The van der Waals surface area contributed by atoms with Crippen LogP contribution in [-0.4, -0.2) is 20.2 Å². The minimum atomic E-state index is 0.234. The van der Waals surface area contributed by atoms with Crippen LogP contribution in [-0.2, 0) is 0 Å². The molecule has 96 valence electrons. The van der Waals surface area contributed by atoms with Crippen LogP contribution in [0.1, 0.15) is 24.0 Å². The molecule has 0 aliphatic heterocycles. The first-order chi connectivity index (χ1) is 8.04. The molecule has 0 aliphatic rings. The van der Waals surface area contributed by atoms with Crippen molar-refractivity contribution in [2.24, 2.45) is 17.4 Å². The number of benzene rings is 1. The summed E-state index contributed by atoms with van der Waals surface area (Å²) in [6, 6.07) is 3.91. The van der Waals surface area contributed by atoms with Gasteiger partial charge in [0.15, 0.2) is 0 Å². The van der Waals surface area contributed by atoms with Gasteiger partial charge in [-0.25, -0.2) is 0 Å². The molecule has 17 heavy (non-hydrogen) atoms. The topological polar surface area (TPSA) is 61.3 Å². The zero-order valence-corrected chi connectivity index (χ0v) is 11.4. The lowest BCUT2D eigenvalue weighted by Gasteiger charge is -2.23. The van der Waals surface area contributed by atoms with Crippen molar-refractivity contribution in [3.05, 3.63) is 28.3 Å². The van der Waals surface area contributed by atoms with E-state index in [1.54, 1.807) is 7.11 Å². The minimum Gasteiger partial charge on any atom is -0.496 e. The van der Waals surface area contributed by atoms with Gasteiger partial charge in [-0.3, -0.25) is 0 Å². The third-order valence-corrected chi connectivity index (χ3v) is 3.72. The zero-order chi connectivity index (χ0) is 13.0. The standard InChI is InChI=1S/C13H21ClN2O/c1-8-4-13(17-3)11(5-12(8)14)9(2)10(6-15)7-16/h4-5,9-10H,6-7,15-16H2,1-3H3. The molecule has 0 aliphatic carbocycles. The quantitative estimate of drug-likeness (QED) is 0.850. The summed E-state index contributed by atoms with van der Waals surface area (Å²) in [6.45, 7) is 5.19. The van der Waals surface area contributed by atoms with Gasteiger partial charge >= 0.3 is 0 Å². The van der Waals surface area contributed by atoms with Crippen molar-refractivity contribution in [1.82, 2.24) is 0 Å². The van der Waals surface area contributed by atoms with E-state index in [2.05, 4.69) is 6.92 Å². The number of halogens is 1. The SMILES string of the molecule is COc1cc(C)c(Cl)cc1C(C)C(CN)CN. The van der Waals surface area contributed by atoms with Crippen LogP contribution in [0.4, 0.5) is 0 Å². The summed E-state index contributed by atoms with van der Waals surface area (Å²) in [5.41, 5.74) is 13.5. The molecule has 3 nitrogen and oxygen atoms in total. The minimum absolute atomic E-state index is 0.234. The Bertz CT molecular complexity index is 378. The third kappa shape index (κ3) is 3.12. The van der Waals surface area contributed by atoms with Gasteiger partial charge in [-0.1, -0.05) is 18.5 Å². The van der Waals surface area contributed by atoms with E-state index in [0.717, 1.165) is 21.9 Å². The Kier molecular flexibility index (Phi) is 5.25. The first-order valence-corrected chi connectivity index (χ1v) is 6.17. The van der Waals surface area contributed by atoms with Crippen LogP contribution in [0.5, 0.6) is 5.75 Å². The summed E-state index contributed by atoms with van der Waals surface area (Å²) in [5.74, 6) is 1.33. The fourth-order valence-electron chi connectivity index (χ4n) is 1.96. The third-order valence-electron chi connectivity index (χ3n) is 3.31. The predicted octanol–water partition coefficient (Wildman–Crippen LogP) is 2.29. The number of nitrogens with two attached hydrogens (primary N) is 2. The molecule has 0 fully saturated rings. The highest BCUT2D eigenvalue weighted by molar-refractivity contribution is 6.31. The molecule has 1 atom stereocenters. The molecule has 0 amide bonds. The second-order valence-corrected chi connectivity index (χ2v) is 4.77. The lowest BCUT2D eigenvalue weighted by molar-refractivity contribution is 0.391. The maximum atomic E-state index is 6.16. The Morgan fingerprint density at radius 1 is 1.29 bits per heavy atom. The second-order valence-electron chi connectivity index (χ2n) is 4.36. The predicted molar refractivity (Wildman–Crippen MR) is 72.8 cm³/mol. The van der Waals surface area contributed by atoms with E-state index in [0.29, 0.717) is 13.1 Å². The van der Waals surface area contributed by atoms with Crippen molar-refractivity contribution in [2.45, 2.75) is 19.8 Å². The van der Waals surface area contributed by atoms with Gasteiger partial charge in [-0.15, -0.1) is 0 Å². The highest BCUT2D eigenvalue weighted by Gasteiger charge is 2.20. The molecule has 0 saturated heterocycles. The van der Waals surface area contributed by atoms with Crippen molar-refractivity contribution >= 4 is 11.6 Å². The molecule has 0 aromatic heterocycles. The lowest BCUT2D eigenvalue weighted by Crippen LogP contribution is -2.28. The molecule has 1 rings (SSSR count). The van der Waals surface area contributed by atoms with Gasteiger partial charge in [0.2, 0.25) is 0 Å². The van der Waals surface area contributed by atoms with E-state index in [1.807, 2.05) is 19.1 Å². The first kappa shape index (κ1) is 14.3. The van der Waals surface area contributed by atoms with Gasteiger partial charge in [-0.2, -0.15) is 0 Å². The average Bonchev–Trinajstić information content (AvgIpc) is 2.33. The van der Waals surface area contributed by atoms with Gasteiger partial charge < -0.3 is 16.2 Å². The van der Waals surface area contributed by atoms with Crippen LogP contribution in [0, 0.1) is 12.8 Å². The lowest BCUT2D eigenvalue weighted by atomic mass is 9.86. The van der Waals surface area contributed by atoms with Crippen molar-refractivity contribution in [3.8, 4) is 5.75 Å². The van der Waals surface area contributed by atoms with E-state index in [-0.39, 0.29) is 11.8 Å². The van der Waals surface area contributed by atoms with E-state index >= 15 is 0 Å². The Hall–Kier alpha value is -0.770. The molecule has 0 saturated carbocycles. The van der Waals surface area contributed by atoms with Crippen molar-refractivity contribution in [3.63, 3.8) is 0 Å². The molecule has 0 radical (unpaired) electrons. The maximum Gasteiger partial charge on any atom is 0.122 e. The average molecular weight is 257 g/mol. The normalized spacial score (nSPS) is 12.9. The monoisotopic (exact) mass is 256 g/mol. The number of methoxy groups -OCH3 is 1. The highest BCUT2D eigenvalue weighted by Crippen LogP contribution is 2.35. The van der Waals surface area contributed by atoms with Gasteiger partial charge in [0.25, 0.3) is 0 Å². The van der Waals surface area contributed by atoms with Crippen molar-refractivity contribution in [2.75, 3.05) is 20.2 Å². The molecule has 1 aromatic rings. The summed E-state index contributed by atoms with van der Waals surface area (Å²) >= 11 is 6.16. The van der Waals surface area contributed by atoms with Crippen LogP contribution < -0.4 is 16.2 Å². The van der Waals surface area contributed by atoms with E-state index in [4.69, 9.17) is 27.8 Å². The number of hydrogen-bond acceptors (Lipinski definition) is 3. The smallest absolute Gasteiger partial charge is 0.122 e. The van der Waals surface area contributed by atoms with Crippen LogP contribution in [0.15, 0.2) is 12.1 Å². The van der Waals surface area contributed by atoms with E-state index in [1.165, 1.54) is 0 Å². The van der Waals surface area contributed by atoms with Crippen molar-refractivity contribution < 1.29 is 4.74 Å². The second kappa shape index (κ2) is 6.24. The summed E-state index contributed by atoms with van der Waals surface area (Å²) in [5, 5.41) is 0.750. The van der Waals surface area contributed by atoms with Crippen LogP contribution in [0.2, 0.25) is 5.02 Å². The summed E-state index contributed by atoms with van der Waals surface area (Å²) < 4.78 is 5.40. The molecule has 1 aromatic carbocycles. The molecule has 4 heteroatoms. The Balaban J connectivity index is 3.15. The Morgan fingerprint density at radius 3 is 2.35 bits per heavy atom. The number of ether oxygens (including phenoxy) is 1. The number of rotatable bonds is 5. The summed E-state index contributed by atoms with van der Waals surface area (Å²) in [6.07, 6.45) is 0. The largest absolute Gasteiger partial charge is 0.496 e. The maximum absolute atomic E-state index is 6.16. The van der Waals surface area contributed by atoms with Crippen molar-refractivity contribution in [1.29, 1.82) is 0 Å². The number of hydrogen-bond donors (Lipinski definition) is 2. The molecule has 0 heterocycles. The van der Waals surface area contributed by atoms with Gasteiger partial charge in [-0.05, 0) is 55.1 Å². The Labute approximate surface area is 108 Å². The molecular formula is C13H21ClN2O. The van der Waals surface area contributed by atoms with Gasteiger partial charge in [0, 0.05) is 5.02 Å². The molecular weight excluding hydrogens is 236 g/mol. The van der Waals surface area contributed by atoms with Gasteiger partial charge in [0.05, 0.1) is 7.11 Å². The van der Waals surface area contributed by atoms with Crippen LogP contribution in [0.25, 0.3) is 0 Å². The Morgan fingerprint density at radius 2 is 1.88 bits per heavy atom. The van der Waals surface area contributed by atoms with Crippen LogP contribution in [0.3, 0.4) is 0 Å². The molecule has 4 N–H and O–H groups in total. The molecule has 0 spiro atoms. The fourth-order valence-corrected chi connectivity index (χ4v) is 2.13. The summed E-state index contributed by atoms with van der Waals surface area (Å²) in [7, 11) is 1.67. The fraction of sp³-hybridized carbons (Fsp3) is 0.538. The highest BCUT2D eigenvalue weighted by atomic mass is 35.5. The first-order valence-electron chi connectivity index (χ1n) is 5.79. The van der Waals surface area contributed by atoms with E-state index in [9.17, 15) is 0 Å². The van der Waals surface area contributed by atoms with E-state index < -0.39 is 0 Å². The molecule has 0 bridgehead atoms.